The fourth-order valence-corrected chi connectivity index (χ4v) is 13.7. The van der Waals surface area contributed by atoms with Gasteiger partial charge in [-0.05, 0) is 146 Å². The maximum atomic E-state index is 14.0. The maximum Gasteiger partial charge on any atom is 0.405 e. The van der Waals surface area contributed by atoms with Crippen LogP contribution in [0.4, 0.5) is 17.6 Å². The first-order valence-corrected chi connectivity index (χ1v) is 21.1. The number of carbonyl (C=O) groups excluding carboxylic acids is 1. The van der Waals surface area contributed by atoms with Crippen molar-refractivity contribution in [3.8, 4) is 0 Å². The van der Waals surface area contributed by atoms with Crippen molar-refractivity contribution in [2.75, 3.05) is 13.7 Å². The van der Waals surface area contributed by atoms with E-state index in [4.69, 9.17) is 10.5 Å². The number of hydrogen-bond donors (Lipinski definition) is 2. The maximum absolute atomic E-state index is 14.0. The highest BCUT2D eigenvalue weighted by atomic mass is 19.4. The van der Waals surface area contributed by atoms with Crippen LogP contribution in [0, 0.1) is 51.2 Å². The Hall–Kier alpha value is -2.45. The minimum Gasteiger partial charge on any atom is -0.461 e. The van der Waals surface area contributed by atoms with Gasteiger partial charge in [-0.25, -0.2) is 0 Å². The predicted molar refractivity (Wildman–Crippen MR) is 216 cm³/mol. The van der Waals surface area contributed by atoms with Crippen LogP contribution in [0.15, 0.2) is 66.3 Å². The Balaban J connectivity index is 0.00000111. The molecular formula is C47H70F4N2O2. The molecule has 0 aromatic heterocycles. The summed E-state index contributed by atoms with van der Waals surface area (Å²) in [6.45, 7) is 17.9. The minimum absolute atomic E-state index is 0.0322. The summed E-state index contributed by atoms with van der Waals surface area (Å²) in [6.07, 6.45) is 15.3. The van der Waals surface area contributed by atoms with Crippen molar-refractivity contribution < 1.29 is 27.1 Å². The predicted octanol–water partition coefficient (Wildman–Crippen LogP) is 11.9. The SMILES string of the molecule is C=CC.CC1(C)C(C2=CCC(C(=O)OCc3ccccc3)CC2)=CCC2(C)C1CCC1(C)C2CCC2C3CCCC3(NC(CN)C(F)(F)F)CC[C@]21C.CF. The third kappa shape index (κ3) is 7.78. The molecule has 10 atom stereocenters. The van der Waals surface area contributed by atoms with E-state index in [1.165, 1.54) is 30.4 Å². The zero-order valence-corrected chi connectivity index (χ0v) is 34.8. The van der Waals surface area contributed by atoms with Gasteiger partial charge in [-0.3, -0.25) is 14.5 Å². The molecule has 4 nitrogen and oxygen atoms in total. The number of fused-ring (bicyclic) bond motifs is 7. The van der Waals surface area contributed by atoms with E-state index in [2.05, 4.69) is 58.7 Å². The molecule has 6 aliphatic carbocycles. The van der Waals surface area contributed by atoms with Gasteiger partial charge in [0.2, 0.25) is 0 Å². The smallest absolute Gasteiger partial charge is 0.405 e. The number of nitrogens with one attached hydrogen (secondary N) is 1. The molecule has 0 aliphatic heterocycles. The van der Waals surface area contributed by atoms with Crippen LogP contribution in [-0.2, 0) is 16.1 Å². The van der Waals surface area contributed by atoms with Crippen molar-refractivity contribution in [3.63, 3.8) is 0 Å². The fraction of sp³-hybridized carbons (Fsp3) is 0.723. The van der Waals surface area contributed by atoms with Gasteiger partial charge in [-0.1, -0.05) is 89.6 Å². The van der Waals surface area contributed by atoms with E-state index in [-0.39, 0.29) is 39.5 Å². The lowest BCUT2D eigenvalue weighted by Gasteiger charge is -2.72. The lowest BCUT2D eigenvalue weighted by Crippen LogP contribution is -2.69. The molecule has 4 saturated carbocycles. The zero-order valence-electron chi connectivity index (χ0n) is 34.8. The lowest BCUT2D eigenvalue weighted by atomic mass is 9.33. The van der Waals surface area contributed by atoms with E-state index in [0.717, 1.165) is 69.8 Å². The third-order valence-corrected chi connectivity index (χ3v) is 16.3. The van der Waals surface area contributed by atoms with Gasteiger partial charge in [0.15, 0.2) is 0 Å². The highest BCUT2D eigenvalue weighted by molar-refractivity contribution is 5.73. The van der Waals surface area contributed by atoms with E-state index in [1.54, 1.807) is 6.08 Å². The first-order chi connectivity index (χ1) is 26.0. The van der Waals surface area contributed by atoms with Crippen molar-refractivity contribution in [2.24, 2.45) is 57.0 Å². The van der Waals surface area contributed by atoms with Crippen molar-refractivity contribution >= 4 is 5.97 Å². The number of benzene rings is 1. The standard InChI is InChI=1S/C43H61F3N2O2.C3H6.CH3F/c1-38(2)31(29-13-15-30(16-14-29)37(49)50-27-28-10-7-6-8-11-28)19-22-39(3)34(38)20-23-41(5)35(39)18-17-32-33-12-9-21-42(33,25-24-40(32,41)4)48-36(26-47)43(44,45)46;1-3-2;1-2/h6-8,10-11,13,19,30,32-36,48H,9,12,14-18,20-27,47H2,1-5H3;3H,1H2,2H3;1H3/t30?,32?,33?,34?,35?,36?,39?,40-,41?,42?;;/m1../s1. The third-order valence-electron chi connectivity index (χ3n) is 16.3. The van der Waals surface area contributed by atoms with Crippen molar-refractivity contribution in [1.82, 2.24) is 5.32 Å². The Bertz CT molecular complexity index is 1560. The molecule has 3 N–H and O–H groups in total. The number of hydrogen-bond acceptors (Lipinski definition) is 4. The number of rotatable bonds is 7. The van der Waals surface area contributed by atoms with Crippen LogP contribution in [0.5, 0.6) is 0 Å². The average molecular weight is 771 g/mol. The largest absolute Gasteiger partial charge is 0.461 e. The van der Waals surface area contributed by atoms with E-state index < -0.39 is 24.3 Å². The molecule has 0 heterocycles. The average Bonchev–Trinajstić information content (AvgIpc) is 3.58. The first-order valence-electron chi connectivity index (χ1n) is 21.1. The van der Waals surface area contributed by atoms with Gasteiger partial charge in [-0.15, -0.1) is 6.58 Å². The summed E-state index contributed by atoms with van der Waals surface area (Å²) >= 11 is 0. The van der Waals surface area contributed by atoms with Crippen LogP contribution in [0.3, 0.4) is 0 Å². The summed E-state index contributed by atoms with van der Waals surface area (Å²) in [5.74, 6) is 1.72. The van der Waals surface area contributed by atoms with Crippen molar-refractivity contribution in [1.29, 1.82) is 0 Å². The summed E-state index contributed by atoms with van der Waals surface area (Å²) in [6, 6.07) is 8.26. The Kier molecular flexibility index (Phi) is 13.3. The van der Waals surface area contributed by atoms with Crippen LogP contribution < -0.4 is 11.1 Å². The van der Waals surface area contributed by atoms with Crippen LogP contribution in [0.25, 0.3) is 0 Å². The van der Waals surface area contributed by atoms with Crippen molar-refractivity contribution in [2.45, 2.75) is 149 Å². The van der Waals surface area contributed by atoms with Crippen molar-refractivity contribution in [3.05, 3.63) is 71.8 Å². The highest BCUT2D eigenvalue weighted by Crippen LogP contribution is 2.76. The summed E-state index contributed by atoms with van der Waals surface area (Å²) in [7, 11) is 0.500. The molecule has 6 aliphatic rings. The molecule has 0 amide bonds. The number of allylic oxidation sites excluding steroid dienone is 5. The molecule has 0 radical (unpaired) electrons. The van der Waals surface area contributed by atoms with Gasteiger partial charge in [0, 0.05) is 12.1 Å². The molecule has 308 valence electrons. The first kappa shape index (κ1) is 43.7. The van der Waals surface area contributed by atoms with Crippen LogP contribution >= 0.6 is 0 Å². The number of ether oxygens (including phenoxy) is 1. The van der Waals surface area contributed by atoms with Gasteiger partial charge in [0.05, 0.1) is 13.1 Å². The molecule has 0 saturated heterocycles. The normalized spacial score (nSPS) is 38.0. The quantitative estimate of drug-likeness (QED) is 0.165. The van der Waals surface area contributed by atoms with Crippen LogP contribution in [-0.4, -0.2) is 37.4 Å². The summed E-state index contributed by atoms with van der Waals surface area (Å²) < 4.78 is 57.2. The summed E-state index contributed by atoms with van der Waals surface area (Å²) in [5, 5.41) is 3.19. The molecule has 8 heteroatoms. The van der Waals surface area contributed by atoms with E-state index in [9.17, 15) is 22.4 Å². The van der Waals surface area contributed by atoms with E-state index in [0.29, 0.717) is 31.5 Å². The van der Waals surface area contributed by atoms with E-state index in [1.807, 2.05) is 37.3 Å². The van der Waals surface area contributed by atoms with E-state index >= 15 is 0 Å². The van der Waals surface area contributed by atoms with Gasteiger partial charge in [0.1, 0.15) is 12.6 Å². The number of nitrogens with two attached hydrogens (primary N) is 1. The Labute approximate surface area is 329 Å². The summed E-state index contributed by atoms with van der Waals surface area (Å²) in [5.41, 5.74) is 9.71. The molecule has 4 fully saturated rings. The number of esters is 1. The summed E-state index contributed by atoms with van der Waals surface area (Å²) in [4.78, 5) is 13.0. The van der Waals surface area contributed by atoms with Crippen LogP contribution in [0.2, 0.25) is 0 Å². The minimum atomic E-state index is -4.32. The van der Waals surface area contributed by atoms with Crippen LogP contribution in [0.1, 0.15) is 131 Å². The monoisotopic (exact) mass is 771 g/mol. The Morgan fingerprint density at radius 2 is 1.62 bits per heavy atom. The molecule has 0 spiro atoms. The Morgan fingerprint density at radius 1 is 0.927 bits per heavy atom. The number of halogens is 4. The second-order valence-electron chi connectivity index (χ2n) is 19.0. The topological polar surface area (TPSA) is 64.3 Å². The number of carbonyl (C=O) groups is 1. The molecule has 7 rings (SSSR count). The molecule has 0 bridgehead atoms. The molecular weight excluding hydrogens is 701 g/mol. The molecule has 1 aromatic carbocycles. The Morgan fingerprint density at radius 3 is 2.24 bits per heavy atom. The van der Waals surface area contributed by atoms with Gasteiger partial charge >= 0.3 is 12.1 Å². The van der Waals surface area contributed by atoms with Gasteiger partial charge < -0.3 is 10.5 Å². The highest BCUT2D eigenvalue weighted by Gasteiger charge is 2.69. The molecule has 9 unspecified atom stereocenters. The molecule has 55 heavy (non-hydrogen) atoms. The fourth-order valence-electron chi connectivity index (χ4n) is 13.7. The lowest BCUT2D eigenvalue weighted by molar-refractivity contribution is -0.222. The second-order valence-corrected chi connectivity index (χ2v) is 19.0. The zero-order chi connectivity index (χ0) is 40.5. The van der Waals surface area contributed by atoms with Gasteiger partial charge in [-0.2, -0.15) is 13.2 Å². The van der Waals surface area contributed by atoms with Gasteiger partial charge in [0.25, 0.3) is 0 Å². The molecule has 1 aromatic rings. The second kappa shape index (κ2) is 16.8. The number of alkyl halides is 4.